The van der Waals surface area contributed by atoms with Gasteiger partial charge in [-0.25, -0.2) is 4.98 Å². The van der Waals surface area contributed by atoms with E-state index in [1.165, 1.54) is 0 Å². The molecule has 4 nitrogen and oxygen atoms in total. The molecular weight excluding hydrogens is 246 g/mol. The number of hydrogen-bond donors (Lipinski definition) is 1. The van der Waals surface area contributed by atoms with Crippen molar-refractivity contribution < 1.29 is 5.11 Å². The standard InChI is InChI=1S/C9H8BrN3O/c10-7-1-9(3-11-2-7)13-4-8(5-14)12-6-13/h1-4,6,14H,5H2. The van der Waals surface area contributed by atoms with Crippen molar-refractivity contribution in [1.29, 1.82) is 0 Å². The third-order valence-corrected chi connectivity index (χ3v) is 2.22. The zero-order chi connectivity index (χ0) is 9.97. The van der Waals surface area contributed by atoms with Crippen LogP contribution in [0.15, 0.2) is 35.5 Å². The van der Waals surface area contributed by atoms with Gasteiger partial charge in [-0.1, -0.05) is 0 Å². The highest BCUT2D eigenvalue weighted by Crippen LogP contribution is 2.13. The molecule has 0 unspecified atom stereocenters. The molecule has 0 aliphatic heterocycles. The molecule has 0 aliphatic carbocycles. The Kier molecular flexibility index (Phi) is 2.60. The second-order valence-electron chi connectivity index (χ2n) is 2.79. The first kappa shape index (κ1) is 9.36. The summed E-state index contributed by atoms with van der Waals surface area (Å²) in [4.78, 5) is 8.05. The molecule has 0 atom stereocenters. The van der Waals surface area contributed by atoms with Crippen molar-refractivity contribution in [1.82, 2.24) is 14.5 Å². The lowest BCUT2D eigenvalue weighted by Crippen LogP contribution is -1.90. The smallest absolute Gasteiger partial charge is 0.0996 e. The van der Waals surface area contributed by atoms with E-state index in [4.69, 9.17) is 5.11 Å². The van der Waals surface area contributed by atoms with Gasteiger partial charge in [-0.2, -0.15) is 0 Å². The van der Waals surface area contributed by atoms with E-state index >= 15 is 0 Å². The van der Waals surface area contributed by atoms with E-state index in [-0.39, 0.29) is 6.61 Å². The summed E-state index contributed by atoms with van der Waals surface area (Å²) in [5.74, 6) is 0. The number of imidazole rings is 1. The van der Waals surface area contributed by atoms with Gasteiger partial charge in [0.05, 0.1) is 30.5 Å². The van der Waals surface area contributed by atoms with Crippen molar-refractivity contribution in [2.75, 3.05) is 0 Å². The average molecular weight is 254 g/mol. The van der Waals surface area contributed by atoms with Gasteiger partial charge in [0.25, 0.3) is 0 Å². The first-order valence-corrected chi connectivity index (χ1v) is 4.83. The number of nitrogens with zero attached hydrogens (tertiary/aromatic N) is 3. The monoisotopic (exact) mass is 253 g/mol. The van der Waals surface area contributed by atoms with Crippen molar-refractivity contribution in [3.05, 3.63) is 41.2 Å². The van der Waals surface area contributed by atoms with E-state index in [2.05, 4.69) is 25.9 Å². The third kappa shape index (κ3) is 1.83. The fourth-order valence-corrected chi connectivity index (χ4v) is 1.48. The molecule has 2 rings (SSSR count). The molecule has 2 heterocycles. The summed E-state index contributed by atoms with van der Waals surface area (Å²) >= 11 is 3.34. The number of rotatable bonds is 2. The minimum absolute atomic E-state index is 0.0472. The number of pyridine rings is 1. The van der Waals surface area contributed by atoms with E-state index in [1.807, 2.05) is 10.6 Å². The Hall–Kier alpha value is -1.20. The lowest BCUT2D eigenvalue weighted by atomic mass is 10.4. The molecule has 0 radical (unpaired) electrons. The Morgan fingerprint density at radius 3 is 2.93 bits per heavy atom. The highest BCUT2D eigenvalue weighted by molar-refractivity contribution is 9.10. The summed E-state index contributed by atoms with van der Waals surface area (Å²) in [7, 11) is 0. The predicted molar refractivity (Wildman–Crippen MR) is 55.0 cm³/mol. The molecule has 14 heavy (non-hydrogen) atoms. The number of hydrogen-bond acceptors (Lipinski definition) is 3. The largest absolute Gasteiger partial charge is 0.390 e. The molecule has 0 saturated heterocycles. The zero-order valence-corrected chi connectivity index (χ0v) is 8.85. The number of aliphatic hydroxyl groups excluding tert-OH is 1. The van der Waals surface area contributed by atoms with Gasteiger partial charge in [0.15, 0.2) is 0 Å². The molecule has 5 heteroatoms. The number of halogens is 1. The fraction of sp³-hybridized carbons (Fsp3) is 0.111. The van der Waals surface area contributed by atoms with Crippen LogP contribution in [-0.4, -0.2) is 19.6 Å². The van der Waals surface area contributed by atoms with Crippen LogP contribution in [0, 0.1) is 0 Å². The van der Waals surface area contributed by atoms with Crippen molar-refractivity contribution >= 4 is 15.9 Å². The van der Waals surface area contributed by atoms with Crippen LogP contribution in [0.1, 0.15) is 5.69 Å². The van der Waals surface area contributed by atoms with Crippen LogP contribution in [0.4, 0.5) is 0 Å². The summed E-state index contributed by atoms with van der Waals surface area (Å²) in [5.41, 5.74) is 1.55. The lowest BCUT2D eigenvalue weighted by molar-refractivity contribution is 0.277. The van der Waals surface area contributed by atoms with Crippen LogP contribution in [0.2, 0.25) is 0 Å². The summed E-state index contributed by atoms with van der Waals surface area (Å²) in [6.45, 7) is -0.0472. The molecular formula is C9H8BrN3O. The first-order chi connectivity index (χ1) is 6.79. The summed E-state index contributed by atoms with van der Waals surface area (Å²) in [6, 6.07) is 1.93. The molecule has 0 spiro atoms. The van der Waals surface area contributed by atoms with Gasteiger partial charge < -0.3 is 9.67 Å². The second-order valence-corrected chi connectivity index (χ2v) is 3.71. The molecule has 72 valence electrons. The zero-order valence-electron chi connectivity index (χ0n) is 7.26. The topological polar surface area (TPSA) is 50.9 Å². The van der Waals surface area contributed by atoms with Gasteiger partial charge in [0, 0.05) is 16.9 Å². The van der Waals surface area contributed by atoms with Crippen LogP contribution in [0.5, 0.6) is 0 Å². The molecule has 0 aromatic carbocycles. The quantitative estimate of drug-likeness (QED) is 0.883. The summed E-state index contributed by atoms with van der Waals surface area (Å²) in [5, 5.41) is 8.85. The molecule has 0 fully saturated rings. The van der Waals surface area contributed by atoms with Gasteiger partial charge in [0.2, 0.25) is 0 Å². The van der Waals surface area contributed by atoms with Crippen LogP contribution in [0.3, 0.4) is 0 Å². The minimum Gasteiger partial charge on any atom is -0.390 e. The van der Waals surface area contributed by atoms with E-state index in [0.717, 1.165) is 10.2 Å². The van der Waals surface area contributed by atoms with Gasteiger partial charge in [-0.15, -0.1) is 0 Å². The minimum atomic E-state index is -0.0472. The maximum atomic E-state index is 8.85. The average Bonchev–Trinajstić information content (AvgIpc) is 2.66. The fourth-order valence-electron chi connectivity index (χ4n) is 1.13. The number of aliphatic hydroxyl groups is 1. The maximum absolute atomic E-state index is 8.85. The lowest BCUT2D eigenvalue weighted by Gasteiger charge is -2.00. The molecule has 0 bridgehead atoms. The molecule has 0 amide bonds. The SMILES string of the molecule is OCc1cn(-c2cncc(Br)c2)cn1. The molecule has 2 aromatic rings. The van der Waals surface area contributed by atoms with Crippen molar-refractivity contribution in [3.8, 4) is 5.69 Å². The maximum Gasteiger partial charge on any atom is 0.0996 e. The third-order valence-electron chi connectivity index (χ3n) is 1.79. The molecule has 0 aliphatic rings. The van der Waals surface area contributed by atoms with Crippen LogP contribution in [-0.2, 0) is 6.61 Å². The van der Waals surface area contributed by atoms with Gasteiger partial charge in [-0.3, -0.25) is 4.98 Å². The van der Waals surface area contributed by atoms with E-state index in [9.17, 15) is 0 Å². The molecule has 1 N–H and O–H groups in total. The first-order valence-electron chi connectivity index (χ1n) is 4.04. The van der Waals surface area contributed by atoms with Gasteiger partial charge >= 0.3 is 0 Å². The molecule has 2 aromatic heterocycles. The summed E-state index contributed by atoms with van der Waals surface area (Å²) in [6.07, 6.45) is 6.86. The van der Waals surface area contributed by atoms with Crippen molar-refractivity contribution in [3.63, 3.8) is 0 Å². The Morgan fingerprint density at radius 1 is 1.43 bits per heavy atom. The number of aromatic nitrogens is 3. The second kappa shape index (κ2) is 3.89. The van der Waals surface area contributed by atoms with Gasteiger partial charge in [-0.05, 0) is 22.0 Å². The van der Waals surface area contributed by atoms with Crippen LogP contribution < -0.4 is 0 Å². The highest BCUT2D eigenvalue weighted by atomic mass is 79.9. The Bertz CT molecular complexity index is 441. The van der Waals surface area contributed by atoms with Crippen LogP contribution in [0.25, 0.3) is 5.69 Å². The van der Waals surface area contributed by atoms with Crippen LogP contribution >= 0.6 is 15.9 Å². The van der Waals surface area contributed by atoms with Crippen molar-refractivity contribution in [2.45, 2.75) is 6.61 Å². The van der Waals surface area contributed by atoms with Crippen molar-refractivity contribution in [2.24, 2.45) is 0 Å². The van der Waals surface area contributed by atoms with Gasteiger partial charge in [0.1, 0.15) is 0 Å². The van der Waals surface area contributed by atoms with E-state index < -0.39 is 0 Å². The van der Waals surface area contributed by atoms with E-state index in [0.29, 0.717) is 5.69 Å². The Balaban J connectivity index is 2.39. The predicted octanol–water partition coefficient (Wildman–Crippen LogP) is 1.52. The summed E-state index contributed by atoms with van der Waals surface area (Å²) < 4.78 is 2.72. The Morgan fingerprint density at radius 2 is 2.29 bits per heavy atom. The van der Waals surface area contributed by atoms with E-state index in [1.54, 1.807) is 24.9 Å². The molecule has 0 saturated carbocycles. The normalized spacial score (nSPS) is 10.4. The Labute approximate surface area is 89.4 Å². The highest BCUT2D eigenvalue weighted by Gasteiger charge is 2.00.